The molecule has 0 unspecified atom stereocenters. The van der Waals surface area contributed by atoms with E-state index in [1.165, 1.54) is 38.6 Å². The van der Waals surface area contributed by atoms with Crippen LogP contribution in [-0.2, 0) is 0 Å². The third-order valence-electron chi connectivity index (χ3n) is 5.16. The lowest BCUT2D eigenvalue weighted by Crippen LogP contribution is -2.06. The molecule has 0 atom stereocenters. The number of aryl methyl sites for hydroxylation is 1. The van der Waals surface area contributed by atoms with Crippen molar-refractivity contribution in [2.24, 2.45) is 0 Å². The molecular formula is C23H17Cl2N3O6. The van der Waals surface area contributed by atoms with Gasteiger partial charge < -0.3 is 19.2 Å². The summed E-state index contributed by atoms with van der Waals surface area (Å²) >= 11 is 12.9. The molecule has 11 heteroatoms. The number of hydrogen-bond acceptors (Lipinski definition) is 8. The molecule has 2 aromatic carbocycles. The minimum Gasteiger partial charge on any atom is -0.495 e. The van der Waals surface area contributed by atoms with Crippen LogP contribution in [0.4, 0.5) is 17.2 Å². The van der Waals surface area contributed by atoms with Gasteiger partial charge in [0.25, 0.3) is 5.69 Å². The lowest BCUT2D eigenvalue weighted by molar-refractivity contribution is -0.384. The highest BCUT2D eigenvalue weighted by Gasteiger charge is 2.22. The number of nitro groups is 1. The van der Waals surface area contributed by atoms with Gasteiger partial charge in [-0.05, 0) is 18.6 Å². The van der Waals surface area contributed by atoms with Crippen molar-refractivity contribution in [3.05, 3.63) is 78.7 Å². The number of methoxy groups -OCH3 is 2. The summed E-state index contributed by atoms with van der Waals surface area (Å²) < 4.78 is 16.1. The zero-order chi connectivity index (χ0) is 24.6. The average Bonchev–Trinajstić information content (AvgIpc) is 2.80. The number of pyridine rings is 1. The van der Waals surface area contributed by atoms with Crippen molar-refractivity contribution in [2.45, 2.75) is 6.92 Å². The summed E-state index contributed by atoms with van der Waals surface area (Å²) in [5, 5.41) is 15.1. The van der Waals surface area contributed by atoms with Crippen molar-refractivity contribution in [2.75, 3.05) is 19.5 Å². The lowest BCUT2D eigenvalue weighted by atomic mass is 10.1. The quantitative estimate of drug-likeness (QED) is 0.247. The molecule has 0 bridgehead atoms. The number of ether oxygens (including phenoxy) is 2. The molecule has 0 fully saturated rings. The highest BCUT2D eigenvalue weighted by atomic mass is 35.5. The van der Waals surface area contributed by atoms with Crippen molar-refractivity contribution in [1.29, 1.82) is 0 Å². The molecule has 9 nitrogen and oxygen atoms in total. The molecule has 4 aromatic rings. The predicted molar refractivity (Wildman–Crippen MR) is 130 cm³/mol. The summed E-state index contributed by atoms with van der Waals surface area (Å²) in [5.74, 6) is 0.810. The van der Waals surface area contributed by atoms with E-state index in [0.29, 0.717) is 16.6 Å². The van der Waals surface area contributed by atoms with E-state index in [0.717, 1.165) is 0 Å². The number of nitrogens with one attached hydrogen (secondary N) is 1. The number of para-hydroxylation sites is 1. The normalized spacial score (nSPS) is 10.9. The molecule has 0 aliphatic heterocycles. The van der Waals surface area contributed by atoms with Crippen LogP contribution in [-0.4, -0.2) is 24.1 Å². The van der Waals surface area contributed by atoms with E-state index in [-0.39, 0.29) is 49.8 Å². The monoisotopic (exact) mass is 501 g/mol. The molecule has 0 aliphatic carbocycles. The summed E-state index contributed by atoms with van der Waals surface area (Å²) in [7, 11) is 2.86. The first-order valence-electron chi connectivity index (χ1n) is 9.80. The number of anilines is 2. The molecule has 0 saturated carbocycles. The van der Waals surface area contributed by atoms with Crippen molar-refractivity contribution in [1.82, 2.24) is 4.98 Å². The van der Waals surface area contributed by atoms with Gasteiger partial charge in [-0.3, -0.25) is 10.1 Å². The minimum absolute atomic E-state index is 0.0942. The molecule has 174 valence electrons. The van der Waals surface area contributed by atoms with Gasteiger partial charge in [-0.2, -0.15) is 0 Å². The number of aromatic nitrogens is 1. The van der Waals surface area contributed by atoms with Crippen LogP contribution in [0.1, 0.15) is 5.56 Å². The second kappa shape index (κ2) is 9.20. The molecule has 4 rings (SSSR count). The highest BCUT2D eigenvalue weighted by Crippen LogP contribution is 2.45. The van der Waals surface area contributed by atoms with Crippen LogP contribution in [0.3, 0.4) is 0 Å². The topological polar surface area (TPSA) is 117 Å². The Bertz CT molecular complexity index is 1470. The fourth-order valence-corrected chi connectivity index (χ4v) is 4.18. The lowest BCUT2D eigenvalue weighted by Gasteiger charge is -2.14. The van der Waals surface area contributed by atoms with E-state index in [4.69, 9.17) is 37.1 Å². The largest absolute Gasteiger partial charge is 0.495 e. The van der Waals surface area contributed by atoms with Crippen LogP contribution < -0.4 is 20.4 Å². The molecule has 0 aliphatic rings. The highest BCUT2D eigenvalue weighted by molar-refractivity contribution is 6.41. The second-order valence-electron chi connectivity index (χ2n) is 7.19. The maximum absolute atomic E-state index is 12.9. The summed E-state index contributed by atoms with van der Waals surface area (Å²) in [6.07, 6.45) is 1.47. The first-order valence-corrected chi connectivity index (χ1v) is 10.6. The van der Waals surface area contributed by atoms with Crippen molar-refractivity contribution in [3.63, 3.8) is 0 Å². The third-order valence-corrected chi connectivity index (χ3v) is 5.91. The van der Waals surface area contributed by atoms with Gasteiger partial charge in [-0.25, -0.2) is 9.78 Å². The maximum Gasteiger partial charge on any atom is 0.344 e. The summed E-state index contributed by atoms with van der Waals surface area (Å²) in [6.45, 7) is 1.73. The zero-order valence-corrected chi connectivity index (χ0v) is 19.7. The van der Waals surface area contributed by atoms with Gasteiger partial charge in [0.2, 0.25) is 0 Å². The second-order valence-corrected chi connectivity index (χ2v) is 7.95. The van der Waals surface area contributed by atoms with E-state index >= 15 is 0 Å². The van der Waals surface area contributed by atoms with Gasteiger partial charge in [-0.1, -0.05) is 35.3 Å². The van der Waals surface area contributed by atoms with Crippen molar-refractivity contribution < 1.29 is 18.8 Å². The number of halogens is 2. The zero-order valence-electron chi connectivity index (χ0n) is 18.1. The standard InChI is InChI=1S/C23H17Cl2N3O6/c1-11-5-4-6-14(28(30)31)22(11)27-18-9-15-12(10-26-18)7-13(23(29)34-15)19-20(24)16(32-2)8-17(33-3)21(19)25/h4-10H,1-3H3,(H,26,27). The molecule has 1 N–H and O–H groups in total. The van der Waals surface area contributed by atoms with Crippen molar-refractivity contribution >= 4 is 51.4 Å². The van der Waals surface area contributed by atoms with Crippen LogP contribution in [0.5, 0.6) is 11.5 Å². The number of rotatable bonds is 6. The number of nitrogens with zero attached hydrogens (tertiary/aromatic N) is 2. The molecule has 0 saturated heterocycles. The molecular weight excluding hydrogens is 485 g/mol. The Morgan fingerprint density at radius 3 is 2.38 bits per heavy atom. The number of nitro benzene ring substituents is 1. The van der Waals surface area contributed by atoms with Gasteiger partial charge in [0.15, 0.2) is 0 Å². The van der Waals surface area contributed by atoms with Crippen LogP contribution in [0.15, 0.2) is 51.8 Å². The number of benzene rings is 2. The van der Waals surface area contributed by atoms with Crippen LogP contribution in [0.2, 0.25) is 10.0 Å². The smallest absolute Gasteiger partial charge is 0.344 e. The molecule has 0 spiro atoms. The Kier molecular flexibility index (Phi) is 6.32. The van der Waals surface area contributed by atoms with E-state index in [1.54, 1.807) is 25.1 Å². The number of hydrogen-bond donors (Lipinski definition) is 1. The van der Waals surface area contributed by atoms with Gasteiger partial charge >= 0.3 is 5.63 Å². The Balaban J connectivity index is 1.83. The minimum atomic E-state index is -0.703. The van der Waals surface area contributed by atoms with Crippen LogP contribution in [0.25, 0.3) is 22.1 Å². The Labute approximate surface area is 203 Å². The van der Waals surface area contributed by atoms with Gasteiger partial charge in [0.1, 0.15) is 28.6 Å². The number of fused-ring (bicyclic) bond motifs is 1. The first-order chi connectivity index (χ1) is 16.2. The van der Waals surface area contributed by atoms with Crippen LogP contribution >= 0.6 is 23.2 Å². The Hall–Kier alpha value is -3.82. The average molecular weight is 502 g/mol. The fourth-order valence-electron chi connectivity index (χ4n) is 3.47. The van der Waals surface area contributed by atoms with E-state index in [9.17, 15) is 14.9 Å². The summed E-state index contributed by atoms with van der Waals surface area (Å²) in [5.41, 5.74) is 0.652. The molecule has 0 radical (unpaired) electrons. The maximum atomic E-state index is 12.9. The van der Waals surface area contributed by atoms with E-state index in [1.807, 2.05) is 0 Å². The molecule has 2 aromatic heterocycles. The molecule has 0 amide bonds. The van der Waals surface area contributed by atoms with Crippen molar-refractivity contribution in [3.8, 4) is 22.6 Å². The predicted octanol–water partition coefficient (Wildman–Crippen LogP) is 6.14. The summed E-state index contributed by atoms with van der Waals surface area (Å²) in [4.78, 5) is 28.1. The van der Waals surface area contributed by atoms with Gasteiger partial charge in [-0.15, -0.1) is 0 Å². The van der Waals surface area contributed by atoms with Gasteiger partial charge in [0, 0.05) is 35.3 Å². The van der Waals surface area contributed by atoms with Crippen LogP contribution in [0, 0.1) is 17.0 Å². The van der Waals surface area contributed by atoms with Gasteiger partial charge in [0.05, 0.1) is 34.8 Å². The Morgan fingerprint density at radius 1 is 1.09 bits per heavy atom. The Morgan fingerprint density at radius 2 is 1.76 bits per heavy atom. The third kappa shape index (κ3) is 4.11. The molecule has 34 heavy (non-hydrogen) atoms. The SMILES string of the molecule is COc1cc(OC)c(Cl)c(-c2cc3cnc(Nc4c(C)cccc4[N+](=O)[O-])cc3oc2=O)c1Cl. The fraction of sp³-hybridized carbons (Fsp3) is 0.130. The molecule has 2 heterocycles. The first kappa shape index (κ1) is 23.3. The van der Waals surface area contributed by atoms with E-state index < -0.39 is 10.5 Å². The van der Waals surface area contributed by atoms with E-state index in [2.05, 4.69) is 10.3 Å². The summed E-state index contributed by atoms with van der Waals surface area (Å²) in [6, 6.07) is 9.25.